The Labute approximate surface area is 179 Å². The van der Waals surface area contributed by atoms with E-state index in [4.69, 9.17) is 29.7 Å². The first-order valence-corrected chi connectivity index (χ1v) is 9.45. The standard InChI is InChI=1S/C23H22N4O4/c1-28-13-6-8-19(30-3)17(9-13)18-11-16(21-22(24)25-12-26-23(21)27-18)15-7-5-14(29-2)10-20(15)31-4/h5-12H,1-4H3,(H2,24,25,26,27). The van der Waals surface area contributed by atoms with Gasteiger partial charge in [0.15, 0.2) is 5.65 Å². The number of pyridine rings is 1. The third-order valence-electron chi connectivity index (χ3n) is 5.01. The largest absolute Gasteiger partial charge is 0.497 e. The van der Waals surface area contributed by atoms with Crippen LogP contribution in [0.3, 0.4) is 0 Å². The highest BCUT2D eigenvalue weighted by Gasteiger charge is 2.19. The topological polar surface area (TPSA) is 102 Å². The Balaban J connectivity index is 2.05. The molecular weight excluding hydrogens is 396 g/mol. The lowest BCUT2D eigenvalue weighted by Gasteiger charge is -2.16. The summed E-state index contributed by atoms with van der Waals surface area (Å²) in [6.45, 7) is 0. The highest BCUT2D eigenvalue weighted by Crippen LogP contribution is 2.41. The van der Waals surface area contributed by atoms with Crippen LogP contribution < -0.4 is 24.7 Å². The number of nitrogen functional groups attached to an aromatic ring is 1. The molecule has 0 fully saturated rings. The number of rotatable bonds is 6. The minimum Gasteiger partial charge on any atom is -0.497 e. The first kappa shape index (κ1) is 20.2. The molecule has 0 atom stereocenters. The van der Waals surface area contributed by atoms with Crippen LogP contribution in [0.1, 0.15) is 0 Å². The maximum Gasteiger partial charge on any atom is 0.165 e. The van der Waals surface area contributed by atoms with E-state index in [1.807, 2.05) is 42.5 Å². The molecule has 0 aliphatic carbocycles. The Kier molecular flexibility index (Phi) is 5.44. The van der Waals surface area contributed by atoms with Crippen LogP contribution in [0.5, 0.6) is 23.0 Å². The number of hydrogen-bond acceptors (Lipinski definition) is 8. The van der Waals surface area contributed by atoms with Gasteiger partial charge in [-0.2, -0.15) is 0 Å². The molecule has 4 aromatic rings. The van der Waals surface area contributed by atoms with Crippen molar-refractivity contribution in [2.24, 2.45) is 0 Å². The van der Waals surface area contributed by atoms with Gasteiger partial charge in [-0.3, -0.25) is 0 Å². The summed E-state index contributed by atoms with van der Waals surface area (Å²) < 4.78 is 21.9. The van der Waals surface area contributed by atoms with Gasteiger partial charge in [0.05, 0.1) is 39.5 Å². The van der Waals surface area contributed by atoms with Crippen LogP contribution in [0, 0.1) is 0 Å². The van der Waals surface area contributed by atoms with Crippen molar-refractivity contribution in [1.29, 1.82) is 0 Å². The van der Waals surface area contributed by atoms with Gasteiger partial charge < -0.3 is 24.7 Å². The number of ether oxygens (including phenoxy) is 4. The summed E-state index contributed by atoms with van der Waals surface area (Å²) in [7, 11) is 6.43. The van der Waals surface area contributed by atoms with Gasteiger partial charge in [-0.15, -0.1) is 0 Å². The van der Waals surface area contributed by atoms with Crippen molar-refractivity contribution in [2.45, 2.75) is 0 Å². The molecule has 0 aliphatic rings. The van der Waals surface area contributed by atoms with Crippen molar-refractivity contribution >= 4 is 16.9 Å². The molecule has 158 valence electrons. The molecule has 0 radical (unpaired) electrons. The first-order chi connectivity index (χ1) is 15.1. The van der Waals surface area contributed by atoms with Gasteiger partial charge >= 0.3 is 0 Å². The number of nitrogens with zero attached hydrogens (tertiary/aromatic N) is 3. The van der Waals surface area contributed by atoms with E-state index in [1.165, 1.54) is 6.33 Å². The molecule has 0 aliphatic heterocycles. The zero-order valence-electron chi connectivity index (χ0n) is 17.7. The van der Waals surface area contributed by atoms with E-state index >= 15 is 0 Å². The molecule has 0 saturated heterocycles. The first-order valence-electron chi connectivity index (χ1n) is 9.45. The Bertz CT molecular complexity index is 1260. The molecule has 2 heterocycles. The second kappa shape index (κ2) is 8.35. The molecule has 0 bridgehead atoms. The average molecular weight is 418 g/mol. The van der Waals surface area contributed by atoms with E-state index in [0.717, 1.165) is 16.7 Å². The fourth-order valence-electron chi connectivity index (χ4n) is 3.47. The SMILES string of the molecule is COc1ccc(-c2cc(-c3cc(OC)ccc3OC)nc3ncnc(N)c23)c(OC)c1. The van der Waals surface area contributed by atoms with Crippen LogP contribution in [0.4, 0.5) is 5.82 Å². The molecule has 8 nitrogen and oxygen atoms in total. The van der Waals surface area contributed by atoms with Crippen LogP contribution >= 0.6 is 0 Å². The van der Waals surface area contributed by atoms with Gasteiger partial charge in [-0.1, -0.05) is 0 Å². The molecule has 2 N–H and O–H groups in total. The fraction of sp³-hybridized carbons (Fsp3) is 0.174. The molecule has 2 aromatic heterocycles. The van der Waals surface area contributed by atoms with Gasteiger partial charge in [-0.25, -0.2) is 15.0 Å². The lowest BCUT2D eigenvalue weighted by molar-refractivity contribution is 0.395. The smallest absolute Gasteiger partial charge is 0.165 e. The minimum atomic E-state index is 0.328. The van der Waals surface area contributed by atoms with Gasteiger partial charge in [0.2, 0.25) is 0 Å². The molecule has 0 saturated carbocycles. The molecule has 8 heteroatoms. The van der Waals surface area contributed by atoms with Crippen molar-refractivity contribution in [2.75, 3.05) is 34.2 Å². The second-order valence-corrected chi connectivity index (χ2v) is 6.65. The van der Waals surface area contributed by atoms with Crippen LogP contribution in [-0.4, -0.2) is 43.4 Å². The second-order valence-electron chi connectivity index (χ2n) is 6.65. The monoisotopic (exact) mass is 418 g/mol. The van der Waals surface area contributed by atoms with Crippen LogP contribution in [0.25, 0.3) is 33.4 Å². The zero-order valence-corrected chi connectivity index (χ0v) is 17.7. The minimum absolute atomic E-state index is 0.328. The third-order valence-corrected chi connectivity index (χ3v) is 5.01. The van der Waals surface area contributed by atoms with E-state index in [1.54, 1.807) is 28.4 Å². The van der Waals surface area contributed by atoms with Gasteiger partial charge in [0.25, 0.3) is 0 Å². The number of hydrogen-bond donors (Lipinski definition) is 1. The lowest BCUT2D eigenvalue weighted by Crippen LogP contribution is -2.00. The Morgan fingerprint density at radius 1 is 0.677 bits per heavy atom. The summed E-state index contributed by atoms with van der Waals surface area (Å²) in [5.41, 5.74) is 9.68. The fourth-order valence-corrected chi connectivity index (χ4v) is 3.47. The quantitative estimate of drug-likeness (QED) is 0.502. The average Bonchev–Trinajstić information content (AvgIpc) is 2.82. The maximum atomic E-state index is 6.23. The van der Waals surface area contributed by atoms with Gasteiger partial charge in [0, 0.05) is 22.8 Å². The number of anilines is 1. The zero-order chi connectivity index (χ0) is 22.0. The normalized spacial score (nSPS) is 10.7. The number of benzene rings is 2. The number of nitrogens with two attached hydrogens (primary N) is 1. The van der Waals surface area contributed by atoms with E-state index in [2.05, 4.69) is 9.97 Å². The number of fused-ring (bicyclic) bond motifs is 1. The van der Waals surface area contributed by atoms with E-state index < -0.39 is 0 Å². The number of aromatic nitrogens is 3. The number of methoxy groups -OCH3 is 4. The van der Waals surface area contributed by atoms with Crippen molar-refractivity contribution in [1.82, 2.24) is 15.0 Å². The third kappa shape index (κ3) is 3.63. The molecule has 31 heavy (non-hydrogen) atoms. The van der Waals surface area contributed by atoms with Crippen molar-refractivity contribution < 1.29 is 18.9 Å². The highest BCUT2D eigenvalue weighted by molar-refractivity contribution is 6.02. The molecular formula is C23H22N4O4. The van der Waals surface area contributed by atoms with Crippen molar-refractivity contribution in [3.05, 3.63) is 48.8 Å². The van der Waals surface area contributed by atoms with Crippen LogP contribution in [0.2, 0.25) is 0 Å². The molecule has 2 aromatic carbocycles. The molecule has 0 unspecified atom stereocenters. The summed E-state index contributed by atoms with van der Waals surface area (Å²) in [5, 5.41) is 0.636. The van der Waals surface area contributed by atoms with E-state index in [-0.39, 0.29) is 0 Å². The predicted octanol–water partition coefficient (Wildman–Crippen LogP) is 3.98. The highest BCUT2D eigenvalue weighted by atomic mass is 16.5. The van der Waals surface area contributed by atoms with Crippen LogP contribution in [-0.2, 0) is 0 Å². The van der Waals surface area contributed by atoms with E-state index in [0.29, 0.717) is 45.5 Å². The molecule has 0 spiro atoms. The molecule has 4 rings (SSSR count). The lowest BCUT2D eigenvalue weighted by atomic mass is 9.98. The Morgan fingerprint density at radius 2 is 1.39 bits per heavy atom. The van der Waals surface area contributed by atoms with Gasteiger partial charge in [-0.05, 0) is 36.4 Å². The predicted molar refractivity (Wildman–Crippen MR) is 119 cm³/mol. The molecule has 0 amide bonds. The Hall–Kier alpha value is -4.07. The van der Waals surface area contributed by atoms with Crippen LogP contribution in [0.15, 0.2) is 48.8 Å². The maximum absolute atomic E-state index is 6.23. The van der Waals surface area contributed by atoms with E-state index in [9.17, 15) is 0 Å². The summed E-state index contributed by atoms with van der Waals surface area (Å²) in [4.78, 5) is 13.3. The summed E-state index contributed by atoms with van der Waals surface area (Å²) in [6, 6.07) is 13.0. The van der Waals surface area contributed by atoms with Crippen molar-refractivity contribution in [3.8, 4) is 45.4 Å². The summed E-state index contributed by atoms with van der Waals surface area (Å²) in [6.07, 6.45) is 1.40. The Morgan fingerprint density at radius 3 is 2.10 bits per heavy atom. The van der Waals surface area contributed by atoms with Crippen molar-refractivity contribution in [3.63, 3.8) is 0 Å². The van der Waals surface area contributed by atoms with Gasteiger partial charge in [0.1, 0.15) is 35.1 Å². The summed E-state index contributed by atoms with van der Waals surface area (Å²) >= 11 is 0. The summed E-state index contributed by atoms with van der Waals surface area (Å²) in [5.74, 6) is 2.97.